The first-order chi connectivity index (χ1) is 18.4. The van der Waals surface area contributed by atoms with Crippen LogP contribution in [0.25, 0.3) is 22.2 Å². The van der Waals surface area contributed by atoms with Gasteiger partial charge in [-0.2, -0.15) is 0 Å². The van der Waals surface area contributed by atoms with E-state index in [1.165, 1.54) is 6.92 Å². The van der Waals surface area contributed by atoms with Crippen molar-refractivity contribution in [1.29, 1.82) is 0 Å². The molecule has 6 heterocycles. The Balaban J connectivity index is 1.32. The van der Waals surface area contributed by atoms with Gasteiger partial charge in [-0.3, -0.25) is 4.79 Å². The van der Waals surface area contributed by atoms with Crippen LogP contribution in [0, 0.1) is 5.41 Å². The molecule has 2 spiro atoms. The van der Waals surface area contributed by atoms with Gasteiger partial charge in [0.05, 0.1) is 55.6 Å². The second kappa shape index (κ2) is 9.03. The molecule has 3 aromatic heterocycles. The van der Waals surface area contributed by atoms with Gasteiger partial charge in [-0.25, -0.2) is 9.97 Å². The van der Waals surface area contributed by atoms with Crippen LogP contribution >= 0.6 is 0 Å². The van der Waals surface area contributed by atoms with Gasteiger partial charge in [0.15, 0.2) is 0 Å². The summed E-state index contributed by atoms with van der Waals surface area (Å²) in [6.45, 7) is 5.08. The summed E-state index contributed by atoms with van der Waals surface area (Å²) in [6.07, 6.45) is 10.00. The zero-order chi connectivity index (χ0) is 25.9. The molecule has 1 atom stereocenters. The maximum atomic E-state index is 11.7. The summed E-state index contributed by atoms with van der Waals surface area (Å²) in [5.41, 5.74) is 4.71. The highest BCUT2D eigenvalue weighted by Gasteiger charge is 2.45. The number of carbonyl (C=O) groups is 1. The zero-order valence-electron chi connectivity index (χ0n) is 22.0. The summed E-state index contributed by atoms with van der Waals surface area (Å²) in [7, 11) is 2.00. The Hall–Kier alpha value is -3.01. The second-order valence-electron chi connectivity index (χ2n) is 11.5. The summed E-state index contributed by atoms with van der Waals surface area (Å²) in [6, 6.07) is 4.03. The maximum Gasteiger partial charge on any atom is 0.222 e. The van der Waals surface area contributed by atoms with Gasteiger partial charge in [0.1, 0.15) is 17.2 Å². The minimum Gasteiger partial charge on any atom is -0.490 e. The number of nitrogens with zero attached hydrogens (tertiary/aromatic N) is 3. The SMILES string of the molecule is CC(=O)Nc1cc2c(-c3cc(OC4CCC5(CC4)COC5)c4c(n3)C3(CCOC3)OCC4)cn(C)c2cn1. The van der Waals surface area contributed by atoms with E-state index in [9.17, 15) is 4.79 Å². The third-order valence-corrected chi connectivity index (χ3v) is 8.79. The summed E-state index contributed by atoms with van der Waals surface area (Å²) in [5.74, 6) is 1.28. The maximum absolute atomic E-state index is 11.7. The van der Waals surface area contributed by atoms with Crippen molar-refractivity contribution in [1.82, 2.24) is 14.5 Å². The van der Waals surface area contributed by atoms with Crippen molar-refractivity contribution < 1.29 is 23.7 Å². The van der Waals surface area contributed by atoms with E-state index in [0.717, 1.165) is 90.9 Å². The minimum absolute atomic E-state index is 0.153. The fourth-order valence-corrected chi connectivity index (χ4v) is 6.58. The molecule has 38 heavy (non-hydrogen) atoms. The highest BCUT2D eigenvalue weighted by molar-refractivity contribution is 5.98. The smallest absolute Gasteiger partial charge is 0.222 e. The van der Waals surface area contributed by atoms with Crippen LogP contribution in [0.3, 0.4) is 0 Å². The number of amides is 1. The van der Waals surface area contributed by atoms with E-state index in [2.05, 4.69) is 22.6 Å². The zero-order valence-corrected chi connectivity index (χ0v) is 22.0. The van der Waals surface area contributed by atoms with E-state index in [0.29, 0.717) is 31.1 Å². The quantitative estimate of drug-likeness (QED) is 0.555. The lowest BCUT2D eigenvalue weighted by Crippen LogP contribution is -2.46. The van der Waals surface area contributed by atoms with Gasteiger partial charge in [0.2, 0.25) is 5.91 Å². The highest BCUT2D eigenvalue weighted by atomic mass is 16.6. The minimum atomic E-state index is -0.533. The first-order valence-corrected chi connectivity index (χ1v) is 13.7. The van der Waals surface area contributed by atoms with E-state index < -0.39 is 5.60 Å². The monoisotopic (exact) mass is 518 g/mol. The normalized spacial score (nSPS) is 24.5. The molecule has 0 radical (unpaired) electrons. The van der Waals surface area contributed by atoms with Gasteiger partial charge in [-0.05, 0) is 31.7 Å². The van der Waals surface area contributed by atoms with Crippen LogP contribution in [0.15, 0.2) is 24.5 Å². The van der Waals surface area contributed by atoms with Crippen molar-refractivity contribution >= 4 is 22.6 Å². The van der Waals surface area contributed by atoms with Crippen LogP contribution in [0.2, 0.25) is 0 Å². The van der Waals surface area contributed by atoms with Gasteiger partial charge in [0, 0.05) is 67.6 Å². The number of fused-ring (bicyclic) bond motifs is 3. The van der Waals surface area contributed by atoms with Crippen molar-refractivity contribution in [2.75, 3.05) is 38.4 Å². The van der Waals surface area contributed by atoms with Crippen LogP contribution in [0.1, 0.15) is 50.3 Å². The molecule has 1 unspecified atom stereocenters. The number of rotatable bonds is 4. The standard InChI is InChI=1S/C29H34N4O5/c1-18(34)31-26-11-21-22(14-33(2)24(21)13-30-26)23-12-25(38-19-3-6-28(7-4-19)15-36-16-28)20-5-9-37-29(27(20)32-23)8-10-35-17-29/h11-14,19H,3-10,15-17H2,1-2H3,(H,30,31,34). The molecule has 9 heteroatoms. The molecule has 1 amide bonds. The lowest BCUT2D eigenvalue weighted by atomic mass is 9.72. The summed E-state index contributed by atoms with van der Waals surface area (Å²) < 4.78 is 26.6. The Bertz CT molecular complexity index is 1400. The molecular weight excluding hydrogens is 484 g/mol. The highest BCUT2D eigenvalue weighted by Crippen LogP contribution is 2.46. The number of aryl methyl sites for hydroxylation is 1. The summed E-state index contributed by atoms with van der Waals surface area (Å²) in [5, 5.41) is 3.78. The molecule has 0 aromatic carbocycles. The number of carbonyl (C=O) groups excluding carboxylic acids is 1. The molecule has 3 aromatic rings. The molecule has 1 N–H and O–H groups in total. The van der Waals surface area contributed by atoms with Gasteiger partial charge in [-0.15, -0.1) is 0 Å². The van der Waals surface area contributed by atoms with Gasteiger partial charge < -0.3 is 28.8 Å². The molecule has 200 valence electrons. The van der Waals surface area contributed by atoms with Crippen LogP contribution in [-0.2, 0) is 38.1 Å². The number of hydrogen-bond acceptors (Lipinski definition) is 7. The molecule has 3 aliphatic heterocycles. The van der Waals surface area contributed by atoms with Crippen molar-refractivity contribution in [2.24, 2.45) is 12.5 Å². The van der Waals surface area contributed by atoms with Crippen molar-refractivity contribution in [2.45, 2.75) is 57.2 Å². The number of hydrogen-bond donors (Lipinski definition) is 1. The average molecular weight is 519 g/mol. The van der Waals surface area contributed by atoms with E-state index in [1.807, 2.05) is 17.7 Å². The number of anilines is 1. The predicted octanol–water partition coefficient (Wildman–Crippen LogP) is 4.12. The Morgan fingerprint density at radius 2 is 1.97 bits per heavy atom. The molecular formula is C29H34N4O5. The first-order valence-electron chi connectivity index (χ1n) is 13.7. The fourth-order valence-electron chi connectivity index (χ4n) is 6.58. The second-order valence-corrected chi connectivity index (χ2v) is 11.5. The fraction of sp³-hybridized carbons (Fsp3) is 0.552. The molecule has 0 bridgehead atoms. The van der Waals surface area contributed by atoms with Crippen LogP contribution in [-0.4, -0.2) is 59.6 Å². The molecule has 2 saturated heterocycles. The third-order valence-electron chi connectivity index (χ3n) is 8.79. The summed E-state index contributed by atoms with van der Waals surface area (Å²) in [4.78, 5) is 21.4. The van der Waals surface area contributed by atoms with Crippen molar-refractivity contribution in [3.8, 4) is 17.0 Å². The topological polar surface area (TPSA) is 96.7 Å². The number of aromatic nitrogens is 3. The van der Waals surface area contributed by atoms with Crippen molar-refractivity contribution in [3.63, 3.8) is 0 Å². The average Bonchev–Trinajstić information content (AvgIpc) is 3.48. The third kappa shape index (κ3) is 3.99. The lowest BCUT2D eigenvalue weighted by molar-refractivity contribution is -0.140. The first kappa shape index (κ1) is 24.1. The van der Waals surface area contributed by atoms with Crippen LogP contribution in [0.4, 0.5) is 5.82 Å². The molecule has 1 aliphatic carbocycles. The van der Waals surface area contributed by atoms with Gasteiger partial charge >= 0.3 is 0 Å². The molecule has 7 rings (SSSR count). The number of ether oxygens (including phenoxy) is 4. The predicted molar refractivity (Wildman–Crippen MR) is 141 cm³/mol. The van der Waals surface area contributed by atoms with Crippen LogP contribution in [0.5, 0.6) is 5.75 Å². The van der Waals surface area contributed by atoms with Gasteiger partial charge in [-0.1, -0.05) is 0 Å². The Labute approximate surface area is 221 Å². The molecule has 3 fully saturated rings. The number of nitrogens with one attached hydrogen (secondary N) is 1. The summed E-state index contributed by atoms with van der Waals surface area (Å²) >= 11 is 0. The van der Waals surface area contributed by atoms with Crippen LogP contribution < -0.4 is 10.1 Å². The Kier molecular flexibility index (Phi) is 5.72. The Morgan fingerprint density at radius 3 is 2.68 bits per heavy atom. The number of pyridine rings is 2. The lowest BCUT2D eigenvalue weighted by Gasteiger charge is -2.46. The van der Waals surface area contributed by atoms with E-state index in [-0.39, 0.29) is 12.0 Å². The largest absolute Gasteiger partial charge is 0.490 e. The van der Waals surface area contributed by atoms with E-state index in [1.54, 1.807) is 6.20 Å². The van der Waals surface area contributed by atoms with E-state index >= 15 is 0 Å². The van der Waals surface area contributed by atoms with Gasteiger partial charge in [0.25, 0.3) is 0 Å². The molecule has 1 saturated carbocycles. The van der Waals surface area contributed by atoms with E-state index in [4.69, 9.17) is 23.9 Å². The Morgan fingerprint density at radius 1 is 1.13 bits per heavy atom. The molecule has 9 nitrogen and oxygen atoms in total. The van der Waals surface area contributed by atoms with Crippen molar-refractivity contribution in [3.05, 3.63) is 35.8 Å². The molecule has 4 aliphatic rings.